The molecule has 3 fully saturated rings. The molecule has 4 N–H and O–H groups in total. The number of ether oxygens (including phenoxy) is 2. The van der Waals surface area contributed by atoms with Crippen molar-refractivity contribution in [3.8, 4) is 6.07 Å². The van der Waals surface area contributed by atoms with Crippen LogP contribution in [0.15, 0.2) is 35.6 Å². The third-order valence-electron chi connectivity index (χ3n) is 7.06. The lowest BCUT2D eigenvalue weighted by Crippen LogP contribution is -2.49. The number of hydrazone groups is 1. The number of nitriles is 1. The number of amides is 2. The Kier molecular flexibility index (Phi) is 5.94. The fourth-order valence-corrected chi connectivity index (χ4v) is 4.77. The van der Waals surface area contributed by atoms with Crippen LogP contribution < -0.4 is 16.4 Å². The minimum Gasteiger partial charge on any atom is -0.364 e. The highest BCUT2D eigenvalue weighted by molar-refractivity contribution is 6.11. The lowest BCUT2D eigenvalue weighted by Gasteiger charge is -2.40. The third kappa shape index (κ3) is 4.42. The van der Waals surface area contributed by atoms with E-state index < -0.39 is 11.7 Å². The maximum atomic E-state index is 12.2. The number of allylic oxidation sites excluding steroid dienone is 1. The van der Waals surface area contributed by atoms with Crippen LogP contribution in [-0.2, 0) is 14.3 Å². The van der Waals surface area contributed by atoms with Crippen molar-refractivity contribution in [3.63, 3.8) is 0 Å². The van der Waals surface area contributed by atoms with Crippen LogP contribution in [0.5, 0.6) is 0 Å². The summed E-state index contributed by atoms with van der Waals surface area (Å²) in [5.74, 6) is -1.23. The van der Waals surface area contributed by atoms with E-state index in [1.807, 2.05) is 18.5 Å². The van der Waals surface area contributed by atoms with Crippen LogP contribution in [0.1, 0.15) is 47.3 Å². The third-order valence-corrected chi connectivity index (χ3v) is 7.06. The van der Waals surface area contributed by atoms with E-state index in [2.05, 4.69) is 32.0 Å². The molecule has 4 aliphatic rings. The molecule has 2 aromatic rings. The summed E-state index contributed by atoms with van der Waals surface area (Å²) in [6, 6.07) is 9.04. The largest absolute Gasteiger partial charge is 0.364 e. The predicted molar refractivity (Wildman–Crippen MR) is 136 cm³/mol. The molecule has 0 bridgehead atoms. The van der Waals surface area contributed by atoms with Gasteiger partial charge in [-0.05, 0) is 30.4 Å². The Morgan fingerprint density at radius 1 is 1.18 bits per heavy atom. The first-order valence-corrected chi connectivity index (χ1v) is 12.4. The number of nitrogens with two attached hydrogens (primary N) is 1. The van der Waals surface area contributed by atoms with Crippen LogP contribution in [0.3, 0.4) is 0 Å². The summed E-state index contributed by atoms with van der Waals surface area (Å²) < 4.78 is 13.4. The number of carbonyl (C=O) groups excluding carboxylic acids is 2. The minimum absolute atomic E-state index is 0.0305. The summed E-state index contributed by atoms with van der Waals surface area (Å²) in [4.78, 5) is 24.2. The molecule has 1 atom stereocenters. The van der Waals surface area contributed by atoms with E-state index in [4.69, 9.17) is 15.2 Å². The van der Waals surface area contributed by atoms with Gasteiger partial charge in [-0.25, -0.2) is 0 Å². The number of hydrogen-bond donors (Lipinski definition) is 3. The molecule has 2 amide bonds. The number of rotatable bonds is 7. The zero-order valence-electron chi connectivity index (χ0n) is 20.4. The standard InChI is InChI=1S/C26H24N8O4/c27-11-19-18(16-12-29-34(13-16)14-17-6-7-26(17)37-8-9-38-26)2-1-3-20(19)30-21-10-22(31-25(36)15-4-5-15)32-33-23(21)24(28)35/h1-3,10,12-15,17H,4-9H2,(H3-,28,30,31,32,35,36)/p+1/b34-14-. The number of benzene rings is 1. The molecule has 3 heterocycles. The molecule has 192 valence electrons. The molecule has 2 saturated carbocycles. The highest BCUT2D eigenvalue weighted by atomic mass is 16.7. The summed E-state index contributed by atoms with van der Waals surface area (Å²) in [5.41, 5.74) is 7.78. The van der Waals surface area contributed by atoms with E-state index >= 15 is 0 Å². The molecule has 1 saturated heterocycles. The summed E-state index contributed by atoms with van der Waals surface area (Å²) in [5, 5.41) is 28.1. The van der Waals surface area contributed by atoms with Gasteiger partial charge in [0.05, 0.1) is 41.6 Å². The maximum absolute atomic E-state index is 12.2. The van der Waals surface area contributed by atoms with Crippen LogP contribution in [0.2, 0.25) is 0 Å². The first kappa shape index (κ1) is 23.9. The van der Waals surface area contributed by atoms with Crippen LogP contribution in [-0.4, -0.2) is 58.1 Å². The molecule has 2 aliphatic carbocycles. The van der Waals surface area contributed by atoms with Gasteiger partial charge in [-0.15, -0.1) is 10.2 Å². The topological polar surface area (TPSA) is 168 Å². The van der Waals surface area contributed by atoms with Crippen LogP contribution in [0.4, 0.5) is 17.2 Å². The Bertz CT molecular complexity index is 1460. The smallest absolute Gasteiger partial charge is 0.271 e. The van der Waals surface area contributed by atoms with Crippen molar-refractivity contribution >= 4 is 47.0 Å². The van der Waals surface area contributed by atoms with E-state index in [0.29, 0.717) is 30.0 Å². The van der Waals surface area contributed by atoms with E-state index in [-0.39, 0.29) is 34.9 Å². The summed E-state index contributed by atoms with van der Waals surface area (Å²) in [6.07, 6.45) is 8.98. The average Bonchev–Trinajstić information content (AvgIpc) is 3.43. The Morgan fingerprint density at radius 2 is 2.00 bits per heavy atom. The Labute approximate surface area is 217 Å². The number of nitrogens with one attached hydrogen (secondary N) is 2. The van der Waals surface area contributed by atoms with E-state index in [1.54, 1.807) is 23.0 Å². The normalized spacial score (nSPS) is 22.1. The molecule has 12 heteroatoms. The zero-order valence-corrected chi connectivity index (χ0v) is 20.4. The van der Waals surface area contributed by atoms with Crippen molar-refractivity contribution in [2.24, 2.45) is 22.7 Å². The van der Waals surface area contributed by atoms with Crippen molar-refractivity contribution in [3.05, 3.63) is 47.3 Å². The van der Waals surface area contributed by atoms with Gasteiger partial charge in [0.15, 0.2) is 23.5 Å². The molecule has 1 aromatic carbocycles. The molecule has 0 radical (unpaired) electrons. The number of anilines is 3. The van der Waals surface area contributed by atoms with Gasteiger partial charge < -0.3 is 25.8 Å². The summed E-state index contributed by atoms with van der Waals surface area (Å²) in [7, 11) is 0. The molecule has 1 unspecified atom stereocenters. The predicted octanol–water partition coefficient (Wildman–Crippen LogP) is 2.12. The number of carbonyl (C=O) groups is 2. The van der Waals surface area contributed by atoms with Gasteiger partial charge in [0, 0.05) is 24.0 Å². The van der Waals surface area contributed by atoms with Gasteiger partial charge in [-0.1, -0.05) is 16.8 Å². The fourth-order valence-electron chi connectivity index (χ4n) is 4.77. The van der Waals surface area contributed by atoms with Crippen LogP contribution >= 0.6 is 0 Å². The lowest BCUT2D eigenvalue weighted by atomic mass is 9.79. The second-order valence-corrected chi connectivity index (χ2v) is 9.60. The second-order valence-electron chi connectivity index (χ2n) is 9.60. The lowest BCUT2D eigenvalue weighted by molar-refractivity contribution is -0.457. The van der Waals surface area contributed by atoms with Gasteiger partial charge in [0.1, 0.15) is 12.3 Å². The molecule has 1 spiro atoms. The molecule has 38 heavy (non-hydrogen) atoms. The van der Waals surface area contributed by atoms with Crippen LogP contribution in [0, 0.1) is 23.2 Å². The van der Waals surface area contributed by atoms with E-state index in [9.17, 15) is 14.9 Å². The zero-order chi connectivity index (χ0) is 26.3. The number of aromatic nitrogens is 2. The van der Waals surface area contributed by atoms with Gasteiger partial charge in [0.2, 0.25) is 12.1 Å². The van der Waals surface area contributed by atoms with Crippen molar-refractivity contribution in [2.75, 3.05) is 23.8 Å². The first-order valence-electron chi connectivity index (χ1n) is 12.4. The van der Waals surface area contributed by atoms with Gasteiger partial charge in [-0.3, -0.25) is 9.59 Å². The quantitative estimate of drug-likeness (QED) is 0.473. The molecule has 2 aliphatic heterocycles. The SMILES string of the molecule is N#Cc1c(Nc2cc(NC(=O)C3CC3)nnc2C(N)=O)cccc1C1=C/[N+](=C/C2CCC23OCCO3)N=C1. The molecular formula is C26H25N8O4+. The minimum atomic E-state index is -0.796. The fraction of sp³-hybridized carbons (Fsp3) is 0.346. The highest BCUT2D eigenvalue weighted by Crippen LogP contribution is 2.44. The second kappa shape index (κ2) is 9.44. The Balaban J connectivity index is 1.28. The Morgan fingerprint density at radius 3 is 2.68 bits per heavy atom. The van der Waals surface area contributed by atoms with Crippen molar-refractivity contribution < 1.29 is 23.7 Å². The molecule has 12 nitrogen and oxygen atoms in total. The van der Waals surface area contributed by atoms with Gasteiger partial charge >= 0.3 is 0 Å². The van der Waals surface area contributed by atoms with Gasteiger partial charge in [0.25, 0.3) is 5.91 Å². The van der Waals surface area contributed by atoms with E-state index in [0.717, 1.165) is 31.3 Å². The maximum Gasteiger partial charge on any atom is 0.271 e. The number of hydrogen-bond acceptors (Lipinski definition) is 9. The van der Waals surface area contributed by atoms with E-state index in [1.165, 1.54) is 6.07 Å². The molecular weight excluding hydrogens is 488 g/mol. The monoisotopic (exact) mass is 513 g/mol. The number of nitrogens with zero attached hydrogens (tertiary/aromatic N) is 5. The molecule has 1 aromatic heterocycles. The summed E-state index contributed by atoms with van der Waals surface area (Å²) >= 11 is 0. The number of primary amides is 1. The summed E-state index contributed by atoms with van der Waals surface area (Å²) in [6.45, 7) is 1.19. The molecule has 6 rings (SSSR count). The van der Waals surface area contributed by atoms with Crippen LogP contribution in [0.25, 0.3) is 5.57 Å². The highest BCUT2D eigenvalue weighted by Gasteiger charge is 2.53. The van der Waals surface area contributed by atoms with Crippen molar-refractivity contribution in [2.45, 2.75) is 31.5 Å². The van der Waals surface area contributed by atoms with Gasteiger partial charge in [-0.2, -0.15) is 5.26 Å². The Hall–Kier alpha value is -4.47. The van der Waals surface area contributed by atoms with Crippen molar-refractivity contribution in [1.29, 1.82) is 5.26 Å². The average molecular weight is 514 g/mol. The van der Waals surface area contributed by atoms with Crippen molar-refractivity contribution in [1.82, 2.24) is 10.2 Å². The first-order chi connectivity index (χ1) is 18.5.